The second-order valence-corrected chi connectivity index (χ2v) is 3.75. The van der Waals surface area contributed by atoms with Crippen molar-refractivity contribution >= 4 is 5.91 Å². The van der Waals surface area contributed by atoms with Crippen LogP contribution < -0.4 is 0 Å². The van der Waals surface area contributed by atoms with Gasteiger partial charge in [0.25, 0.3) is 5.91 Å². The normalized spacial score (nSPS) is 22.6. The highest BCUT2D eigenvalue weighted by atomic mass is 19.3. The van der Waals surface area contributed by atoms with Crippen LogP contribution in [0.3, 0.4) is 0 Å². The van der Waals surface area contributed by atoms with Gasteiger partial charge in [0.05, 0.1) is 12.6 Å². The average Bonchev–Trinajstić information content (AvgIpc) is 2.27. The van der Waals surface area contributed by atoms with Crippen molar-refractivity contribution in [3.63, 3.8) is 0 Å². The smallest absolute Gasteiger partial charge is 0.383 e. The first-order chi connectivity index (χ1) is 7.41. The molecule has 0 saturated carbocycles. The van der Waals surface area contributed by atoms with E-state index in [1.807, 2.05) is 0 Å². The van der Waals surface area contributed by atoms with Crippen LogP contribution in [-0.4, -0.2) is 47.5 Å². The summed E-state index contributed by atoms with van der Waals surface area (Å²) in [5.74, 6) is -6.55. The Bertz CT molecular complexity index is 260. The van der Waals surface area contributed by atoms with Gasteiger partial charge in [-0.05, 0) is 19.3 Å². The molecule has 0 radical (unpaired) electrons. The van der Waals surface area contributed by atoms with Crippen molar-refractivity contribution in [1.82, 2.24) is 4.90 Å². The number of halogens is 4. The Morgan fingerprint density at radius 1 is 1.44 bits per heavy atom. The predicted molar refractivity (Wildman–Crippen MR) is 47.4 cm³/mol. The summed E-state index contributed by atoms with van der Waals surface area (Å²) in [6.07, 6.45) is -2.47. The Labute approximate surface area is 90.0 Å². The lowest BCUT2D eigenvalue weighted by atomic mass is 10.0. The Hall–Kier alpha value is -0.850. The second-order valence-electron chi connectivity index (χ2n) is 3.75. The Morgan fingerprint density at radius 2 is 2.06 bits per heavy atom. The van der Waals surface area contributed by atoms with Crippen LogP contribution in [0.25, 0.3) is 0 Å². The third-order valence-electron chi connectivity index (χ3n) is 2.66. The van der Waals surface area contributed by atoms with Gasteiger partial charge in [-0.3, -0.25) is 4.79 Å². The van der Waals surface area contributed by atoms with Crippen LogP contribution in [0.5, 0.6) is 0 Å². The zero-order valence-electron chi connectivity index (χ0n) is 8.50. The molecule has 0 aromatic rings. The molecule has 0 aromatic carbocycles. The van der Waals surface area contributed by atoms with Crippen molar-refractivity contribution in [2.45, 2.75) is 37.7 Å². The Morgan fingerprint density at radius 3 is 2.56 bits per heavy atom. The minimum absolute atomic E-state index is 0.00757. The number of aliphatic hydroxyl groups is 1. The maximum Gasteiger partial charge on any atom is 0.383 e. The highest BCUT2D eigenvalue weighted by molar-refractivity contribution is 5.84. The second kappa shape index (κ2) is 4.99. The third-order valence-corrected chi connectivity index (χ3v) is 2.66. The maximum absolute atomic E-state index is 12.8. The van der Waals surface area contributed by atoms with Crippen molar-refractivity contribution < 1.29 is 27.5 Å². The van der Waals surface area contributed by atoms with Gasteiger partial charge in [-0.15, -0.1) is 0 Å². The van der Waals surface area contributed by atoms with E-state index in [1.165, 1.54) is 0 Å². The predicted octanol–water partition coefficient (Wildman–Crippen LogP) is 1.26. The fraction of sp³-hybridized carbons (Fsp3) is 0.889. The molecule has 94 valence electrons. The summed E-state index contributed by atoms with van der Waals surface area (Å²) in [5.41, 5.74) is 0. The van der Waals surface area contributed by atoms with E-state index in [0.717, 1.165) is 0 Å². The Kier molecular flexibility index (Phi) is 4.12. The number of aliphatic hydroxyl groups excluding tert-OH is 1. The molecular formula is C9H13F4NO2. The monoisotopic (exact) mass is 243 g/mol. The van der Waals surface area contributed by atoms with Crippen molar-refractivity contribution in [3.8, 4) is 0 Å². The molecule has 1 aliphatic heterocycles. The topological polar surface area (TPSA) is 40.5 Å². The number of rotatable bonds is 3. The van der Waals surface area contributed by atoms with Crippen LogP contribution in [0.4, 0.5) is 17.6 Å². The number of carbonyl (C=O) groups excluding carboxylic acids is 1. The number of hydrogen-bond donors (Lipinski definition) is 1. The van der Waals surface area contributed by atoms with Gasteiger partial charge in [-0.25, -0.2) is 8.78 Å². The molecule has 0 spiro atoms. The van der Waals surface area contributed by atoms with Gasteiger partial charge in [0.1, 0.15) is 0 Å². The van der Waals surface area contributed by atoms with Gasteiger partial charge < -0.3 is 10.0 Å². The minimum atomic E-state index is -4.66. The number of piperidine rings is 1. The minimum Gasteiger partial charge on any atom is -0.394 e. The average molecular weight is 243 g/mol. The fourth-order valence-electron chi connectivity index (χ4n) is 1.74. The van der Waals surface area contributed by atoms with Crippen LogP contribution in [0.2, 0.25) is 0 Å². The van der Waals surface area contributed by atoms with Gasteiger partial charge in [-0.1, -0.05) is 0 Å². The van der Waals surface area contributed by atoms with Crippen molar-refractivity contribution in [3.05, 3.63) is 0 Å². The molecule has 1 N–H and O–H groups in total. The van der Waals surface area contributed by atoms with Gasteiger partial charge in [-0.2, -0.15) is 8.78 Å². The number of carbonyl (C=O) groups is 1. The van der Waals surface area contributed by atoms with E-state index in [2.05, 4.69) is 0 Å². The van der Waals surface area contributed by atoms with Gasteiger partial charge >= 0.3 is 12.3 Å². The van der Waals surface area contributed by atoms with E-state index < -0.39 is 30.9 Å². The molecule has 16 heavy (non-hydrogen) atoms. The highest BCUT2D eigenvalue weighted by Crippen LogP contribution is 2.28. The molecule has 0 aliphatic carbocycles. The summed E-state index contributed by atoms with van der Waals surface area (Å²) in [5, 5.41) is 8.89. The number of amides is 1. The van der Waals surface area contributed by atoms with E-state index >= 15 is 0 Å². The Balaban J connectivity index is 2.78. The molecule has 1 amide bonds. The maximum atomic E-state index is 12.8. The number of likely N-dealkylation sites (tertiary alicyclic amines) is 1. The standard InChI is InChI=1S/C9H13F4NO2/c10-7(11)9(12,13)8(16)14-4-2-1-3-6(14)5-15/h6-7,15H,1-5H2. The van der Waals surface area contributed by atoms with E-state index in [1.54, 1.807) is 0 Å². The number of nitrogens with zero attached hydrogens (tertiary/aromatic N) is 1. The largest absolute Gasteiger partial charge is 0.394 e. The summed E-state index contributed by atoms with van der Waals surface area (Å²) in [6.45, 7) is -0.489. The molecule has 1 fully saturated rings. The SMILES string of the molecule is O=C(N1CCCCC1CO)C(F)(F)C(F)F. The van der Waals surface area contributed by atoms with Crippen molar-refractivity contribution in [2.24, 2.45) is 0 Å². The van der Waals surface area contributed by atoms with Crippen LogP contribution in [0.15, 0.2) is 0 Å². The van der Waals surface area contributed by atoms with Gasteiger partial charge in [0.2, 0.25) is 0 Å². The zero-order chi connectivity index (χ0) is 12.3. The summed E-state index contributed by atoms with van der Waals surface area (Å²) >= 11 is 0. The lowest BCUT2D eigenvalue weighted by Gasteiger charge is -2.36. The van der Waals surface area contributed by atoms with E-state index in [9.17, 15) is 22.4 Å². The number of alkyl halides is 4. The molecule has 1 aliphatic rings. The molecule has 3 nitrogen and oxygen atoms in total. The molecular weight excluding hydrogens is 230 g/mol. The summed E-state index contributed by atoms with van der Waals surface area (Å²) < 4.78 is 49.6. The zero-order valence-corrected chi connectivity index (χ0v) is 8.50. The third kappa shape index (κ3) is 2.45. The summed E-state index contributed by atoms with van der Waals surface area (Å²) in [7, 11) is 0. The number of hydrogen-bond acceptors (Lipinski definition) is 2. The van der Waals surface area contributed by atoms with Gasteiger partial charge in [0.15, 0.2) is 0 Å². The van der Waals surface area contributed by atoms with Crippen LogP contribution in [0, 0.1) is 0 Å². The highest BCUT2D eigenvalue weighted by Gasteiger charge is 2.52. The molecule has 1 saturated heterocycles. The van der Waals surface area contributed by atoms with Crippen LogP contribution in [0.1, 0.15) is 19.3 Å². The molecule has 1 heterocycles. The lowest BCUT2D eigenvalue weighted by Crippen LogP contribution is -2.54. The molecule has 1 unspecified atom stereocenters. The quantitative estimate of drug-likeness (QED) is 0.758. The summed E-state index contributed by atoms with van der Waals surface area (Å²) in [6, 6.07) is -0.772. The van der Waals surface area contributed by atoms with Crippen molar-refractivity contribution in [2.75, 3.05) is 13.2 Å². The van der Waals surface area contributed by atoms with E-state index in [0.29, 0.717) is 24.2 Å². The summed E-state index contributed by atoms with van der Waals surface area (Å²) in [4.78, 5) is 11.9. The van der Waals surface area contributed by atoms with Crippen LogP contribution in [-0.2, 0) is 4.79 Å². The molecule has 1 atom stereocenters. The molecule has 1 rings (SSSR count). The first-order valence-electron chi connectivity index (χ1n) is 4.99. The molecule has 0 aromatic heterocycles. The molecule has 0 bridgehead atoms. The first-order valence-corrected chi connectivity index (χ1v) is 4.99. The lowest BCUT2D eigenvalue weighted by molar-refractivity contribution is -0.184. The van der Waals surface area contributed by atoms with Gasteiger partial charge in [0, 0.05) is 6.54 Å². The fourth-order valence-corrected chi connectivity index (χ4v) is 1.74. The molecule has 7 heteroatoms. The van der Waals surface area contributed by atoms with E-state index in [4.69, 9.17) is 5.11 Å². The van der Waals surface area contributed by atoms with E-state index in [-0.39, 0.29) is 6.54 Å². The van der Waals surface area contributed by atoms with Crippen molar-refractivity contribution in [1.29, 1.82) is 0 Å². The van der Waals surface area contributed by atoms with Crippen LogP contribution >= 0.6 is 0 Å². The first kappa shape index (κ1) is 13.2.